The number of aliphatic hydroxyl groups is 1. The molecule has 1 aromatic carbocycles. The number of benzene rings is 1. The molecule has 0 aliphatic heterocycles. The summed E-state index contributed by atoms with van der Waals surface area (Å²) in [6, 6.07) is 8.68. The largest absolute Gasteiger partial charge is 0.394 e. The Balaban J connectivity index is 1.93. The van der Waals surface area contributed by atoms with Gasteiger partial charge in [0, 0.05) is 25.4 Å². The van der Waals surface area contributed by atoms with E-state index in [1.165, 1.54) is 0 Å². The fourth-order valence-electron chi connectivity index (χ4n) is 2.53. The van der Waals surface area contributed by atoms with Crippen molar-refractivity contribution in [3.05, 3.63) is 53.9 Å². The minimum absolute atomic E-state index is 0.0220. The molecule has 0 aliphatic carbocycles. The molecule has 130 valence electrons. The average Bonchev–Trinajstić information content (AvgIpc) is 2.99. The first-order chi connectivity index (χ1) is 11.5. The molecule has 2 amide bonds. The van der Waals surface area contributed by atoms with Crippen LogP contribution in [0.3, 0.4) is 0 Å². The van der Waals surface area contributed by atoms with Crippen LogP contribution in [0.5, 0.6) is 0 Å². The average molecular weight is 331 g/mol. The van der Waals surface area contributed by atoms with Gasteiger partial charge >= 0.3 is 6.03 Å². The molecular weight excluding hydrogens is 306 g/mol. The van der Waals surface area contributed by atoms with Gasteiger partial charge in [-0.3, -0.25) is 4.68 Å². The molecule has 1 unspecified atom stereocenters. The van der Waals surface area contributed by atoms with Crippen LogP contribution in [0.15, 0.2) is 42.7 Å². The third-order valence-electron chi connectivity index (χ3n) is 3.88. The Morgan fingerprint density at radius 3 is 2.54 bits per heavy atom. The molecule has 0 radical (unpaired) electrons. The van der Waals surface area contributed by atoms with Crippen LogP contribution in [0.2, 0.25) is 0 Å². The predicted octanol–water partition coefficient (Wildman–Crippen LogP) is 1.06. The number of urea groups is 1. The minimum Gasteiger partial charge on any atom is -0.394 e. The maximum Gasteiger partial charge on any atom is 0.315 e. The lowest BCUT2D eigenvalue weighted by Crippen LogP contribution is -2.42. The molecule has 1 heterocycles. The summed E-state index contributed by atoms with van der Waals surface area (Å²) in [5.41, 5.74) is 1.90. The molecule has 2 aromatic rings. The van der Waals surface area contributed by atoms with E-state index in [9.17, 15) is 9.90 Å². The van der Waals surface area contributed by atoms with Crippen LogP contribution < -0.4 is 10.6 Å². The molecule has 7 nitrogen and oxygen atoms in total. The van der Waals surface area contributed by atoms with E-state index in [1.54, 1.807) is 10.9 Å². The summed E-state index contributed by atoms with van der Waals surface area (Å²) in [5, 5.41) is 19.4. The summed E-state index contributed by atoms with van der Waals surface area (Å²) >= 11 is 0. The zero-order chi connectivity index (χ0) is 17.5. The van der Waals surface area contributed by atoms with Gasteiger partial charge in [-0.2, -0.15) is 5.10 Å². The van der Waals surface area contributed by atoms with E-state index in [2.05, 4.69) is 15.7 Å². The van der Waals surface area contributed by atoms with Crippen LogP contribution in [0.4, 0.5) is 4.79 Å². The summed E-state index contributed by atoms with van der Waals surface area (Å²) < 4.78 is 1.74. The Kier molecular flexibility index (Phi) is 6.34. The number of aromatic nitrogens is 2. The molecule has 0 aliphatic rings. The molecule has 0 bridgehead atoms. The van der Waals surface area contributed by atoms with Crippen LogP contribution in [0, 0.1) is 0 Å². The molecule has 0 saturated heterocycles. The van der Waals surface area contributed by atoms with Crippen molar-refractivity contribution in [3.63, 3.8) is 0 Å². The van der Waals surface area contributed by atoms with Gasteiger partial charge in [0.15, 0.2) is 0 Å². The first-order valence-corrected chi connectivity index (χ1v) is 7.86. The van der Waals surface area contributed by atoms with Crippen molar-refractivity contribution < 1.29 is 9.90 Å². The smallest absolute Gasteiger partial charge is 0.315 e. The number of hydrogen-bond acceptors (Lipinski definition) is 4. The normalized spacial score (nSPS) is 13.5. The van der Waals surface area contributed by atoms with Crippen molar-refractivity contribution in [1.29, 1.82) is 0 Å². The Labute approximate surface area is 142 Å². The van der Waals surface area contributed by atoms with E-state index in [0.29, 0.717) is 6.54 Å². The molecule has 24 heavy (non-hydrogen) atoms. The van der Waals surface area contributed by atoms with Crippen molar-refractivity contribution in [2.24, 2.45) is 7.05 Å². The van der Waals surface area contributed by atoms with Crippen LogP contribution in [-0.4, -0.2) is 53.1 Å². The number of likely N-dealkylation sites (N-methyl/N-ethyl adjacent to an activating group) is 1. The lowest BCUT2D eigenvalue weighted by atomic mass is 10.1. The molecule has 2 atom stereocenters. The molecule has 7 heteroatoms. The van der Waals surface area contributed by atoms with Gasteiger partial charge in [-0.15, -0.1) is 0 Å². The van der Waals surface area contributed by atoms with Crippen molar-refractivity contribution in [2.75, 3.05) is 27.2 Å². The summed E-state index contributed by atoms with van der Waals surface area (Å²) in [6.07, 6.45) is 3.73. The first kappa shape index (κ1) is 18.0. The Morgan fingerprint density at radius 2 is 2.00 bits per heavy atom. The highest BCUT2D eigenvalue weighted by Gasteiger charge is 2.18. The second-order valence-corrected chi connectivity index (χ2v) is 5.93. The number of carbonyl (C=O) groups is 1. The van der Waals surface area contributed by atoms with Gasteiger partial charge < -0.3 is 20.6 Å². The summed E-state index contributed by atoms with van der Waals surface area (Å²) in [5.74, 6) is 0. The third kappa shape index (κ3) is 4.81. The zero-order valence-electron chi connectivity index (χ0n) is 14.3. The van der Waals surface area contributed by atoms with Crippen LogP contribution >= 0.6 is 0 Å². The second kappa shape index (κ2) is 8.47. The number of aliphatic hydroxyl groups excluding tert-OH is 1. The van der Waals surface area contributed by atoms with Crippen molar-refractivity contribution in [2.45, 2.75) is 12.1 Å². The number of rotatable bonds is 7. The summed E-state index contributed by atoms with van der Waals surface area (Å²) in [6.45, 7) is 0.286. The monoisotopic (exact) mass is 331 g/mol. The Morgan fingerprint density at radius 1 is 1.29 bits per heavy atom. The number of nitrogens with zero attached hydrogens (tertiary/aromatic N) is 3. The zero-order valence-corrected chi connectivity index (χ0v) is 14.3. The van der Waals surface area contributed by atoms with Gasteiger partial charge in [0.1, 0.15) is 0 Å². The van der Waals surface area contributed by atoms with E-state index in [4.69, 9.17) is 0 Å². The fraction of sp³-hybridized carbons (Fsp3) is 0.412. The van der Waals surface area contributed by atoms with Crippen LogP contribution in [0.25, 0.3) is 0 Å². The number of hydrogen-bond donors (Lipinski definition) is 3. The van der Waals surface area contributed by atoms with E-state index in [1.807, 2.05) is 62.6 Å². The predicted molar refractivity (Wildman–Crippen MR) is 92.4 cm³/mol. The van der Waals surface area contributed by atoms with Gasteiger partial charge in [-0.1, -0.05) is 30.3 Å². The topological polar surface area (TPSA) is 82.4 Å². The summed E-state index contributed by atoms with van der Waals surface area (Å²) in [7, 11) is 5.78. The molecule has 0 fully saturated rings. The summed E-state index contributed by atoms with van der Waals surface area (Å²) in [4.78, 5) is 14.2. The number of nitrogens with one attached hydrogen (secondary N) is 2. The van der Waals surface area contributed by atoms with Crippen LogP contribution in [0.1, 0.15) is 23.2 Å². The van der Waals surface area contributed by atoms with Gasteiger partial charge in [-0.25, -0.2) is 4.79 Å². The molecule has 0 saturated carbocycles. The van der Waals surface area contributed by atoms with Crippen molar-refractivity contribution >= 4 is 6.03 Å². The highest BCUT2D eigenvalue weighted by Crippen LogP contribution is 2.16. The number of carbonyl (C=O) groups excluding carboxylic acids is 1. The highest BCUT2D eigenvalue weighted by atomic mass is 16.3. The maximum atomic E-state index is 12.2. The molecule has 3 N–H and O–H groups in total. The van der Waals surface area contributed by atoms with Gasteiger partial charge in [0.05, 0.1) is 24.9 Å². The van der Waals surface area contributed by atoms with Gasteiger partial charge in [0.2, 0.25) is 0 Å². The number of aryl methyl sites for hydroxylation is 1. The Hall–Kier alpha value is -2.38. The lowest BCUT2D eigenvalue weighted by molar-refractivity contribution is 0.212. The maximum absolute atomic E-state index is 12.2. The van der Waals surface area contributed by atoms with Crippen molar-refractivity contribution in [3.8, 4) is 0 Å². The molecular formula is C17H25N5O2. The van der Waals surface area contributed by atoms with Gasteiger partial charge in [0.25, 0.3) is 0 Å². The molecule has 0 spiro atoms. The highest BCUT2D eigenvalue weighted by molar-refractivity contribution is 5.74. The van der Waals surface area contributed by atoms with E-state index >= 15 is 0 Å². The van der Waals surface area contributed by atoms with Crippen molar-refractivity contribution in [1.82, 2.24) is 25.3 Å². The second-order valence-electron chi connectivity index (χ2n) is 5.93. The molecule has 1 aromatic heterocycles. The lowest BCUT2D eigenvalue weighted by Gasteiger charge is -2.24. The quantitative estimate of drug-likeness (QED) is 0.708. The standard InChI is InChI=1S/C17H25N5O2/c1-21(2)16(14-9-19-22(3)11-14)10-18-17(24)20-15(12-23)13-7-5-4-6-8-13/h4-9,11,15-16,23H,10,12H2,1-3H3,(H2,18,20,24)/t15-,16?/m1/s1. The SMILES string of the molecule is CN(C)C(CNC(=O)N[C@H](CO)c1ccccc1)c1cnn(C)c1. The minimum atomic E-state index is -0.428. The van der Waals surface area contributed by atoms with E-state index in [0.717, 1.165) is 11.1 Å². The first-order valence-electron chi connectivity index (χ1n) is 7.86. The van der Waals surface area contributed by atoms with E-state index in [-0.39, 0.29) is 18.7 Å². The number of amides is 2. The third-order valence-corrected chi connectivity index (χ3v) is 3.88. The Bertz CT molecular complexity index is 641. The van der Waals surface area contributed by atoms with Crippen LogP contribution in [-0.2, 0) is 7.05 Å². The molecule has 2 rings (SSSR count). The van der Waals surface area contributed by atoms with Gasteiger partial charge in [-0.05, 0) is 19.7 Å². The van der Waals surface area contributed by atoms with E-state index < -0.39 is 6.04 Å². The fourth-order valence-corrected chi connectivity index (χ4v) is 2.53.